The molecule has 1 rings (SSSR count). The minimum Gasteiger partial charge on any atom is -0.393 e. The van der Waals surface area contributed by atoms with Crippen LogP contribution in [0.2, 0.25) is 0 Å². The van der Waals surface area contributed by atoms with E-state index in [2.05, 4.69) is 29.9 Å². The van der Waals surface area contributed by atoms with Crippen LogP contribution in [-0.2, 0) is 13.6 Å². The molecule has 0 fully saturated rings. The highest BCUT2D eigenvalue weighted by atomic mass is 32.1. The molecule has 17 heavy (non-hydrogen) atoms. The molecule has 0 bridgehead atoms. The van der Waals surface area contributed by atoms with Gasteiger partial charge in [-0.15, -0.1) is 0 Å². The van der Waals surface area contributed by atoms with Gasteiger partial charge in [0.25, 0.3) is 0 Å². The molecule has 0 radical (unpaired) electrons. The number of aromatic nitrogens is 2. The molecule has 0 aliphatic carbocycles. The summed E-state index contributed by atoms with van der Waals surface area (Å²) in [6.07, 6.45) is 0. The summed E-state index contributed by atoms with van der Waals surface area (Å²) in [4.78, 5) is 2.92. The molecule has 1 unspecified atom stereocenters. The van der Waals surface area contributed by atoms with E-state index in [-0.39, 0.29) is 5.92 Å². The van der Waals surface area contributed by atoms with Crippen molar-refractivity contribution < 1.29 is 0 Å². The van der Waals surface area contributed by atoms with E-state index in [1.807, 2.05) is 18.7 Å². The second-order valence-electron chi connectivity index (χ2n) is 4.53. The Bertz CT molecular complexity index is 386. The number of hydrogen-bond acceptors (Lipinski definition) is 3. The van der Waals surface area contributed by atoms with E-state index in [0.29, 0.717) is 4.99 Å². The summed E-state index contributed by atoms with van der Waals surface area (Å²) in [7, 11) is 1.98. The molecular weight excluding hydrogens is 232 g/mol. The number of nitrogens with zero attached hydrogens (tertiary/aromatic N) is 3. The lowest BCUT2D eigenvalue weighted by Crippen LogP contribution is -2.34. The molecule has 0 aliphatic rings. The smallest absolute Gasteiger partial charge is 0.0768 e. The van der Waals surface area contributed by atoms with Crippen LogP contribution in [0.1, 0.15) is 25.2 Å². The summed E-state index contributed by atoms with van der Waals surface area (Å²) in [5, 5.41) is 4.35. The number of rotatable bonds is 6. The zero-order valence-corrected chi connectivity index (χ0v) is 11.9. The van der Waals surface area contributed by atoms with Crippen molar-refractivity contribution in [3.8, 4) is 0 Å². The van der Waals surface area contributed by atoms with Crippen molar-refractivity contribution in [2.75, 3.05) is 13.1 Å². The van der Waals surface area contributed by atoms with Crippen molar-refractivity contribution in [2.45, 2.75) is 27.3 Å². The molecule has 5 heteroatoms. The Morgan fingerprint density at radius 2 is 2.29 bits per heavy atom. The lowest BCUT2D eigenvalue weighted by Gasteiger charge is -2.23. The molecule has 2 N–H and O–H groups in total. The fourth-order valence-corrected chi connectivity index (χ4v) is 1.90. The van der Waals surface area contributed by atoms with Gasteiger partial charge < -0.3 is 5.73 Å². The highest BCUT2D eigenvalue weighted by molar-refractivity contribution is 7.80. The van der Waals surface area contributed by atoms with Crippen molar-refractivity contribution in [3.63, 3.8) is 0 Å². The van der Waals surface area contributed by atoms with E-state index >= 15 is 0 Å². The number of hydrogen-bond donors (Lipinski definition) is 1. The summed E-state index contributed by atoms with van der Waals surface area (Å²) < 4.78 is 1.93. The summed E-state index contributed by atoms with van der Waals surface area (Å²) in [6.45, 7) is 9.00. The fourth-order valence-electron chi connectivity index (χ4n) is 1.82. The monoisotopic (exact) mass is 254 g/mol. The Labute approximate surface area is 109 Å². The molecule has 1 atom stereocenters. The third kappa shape index (κ3) is 4.09. The maximum Gasteiger partial charge on any atom is 0.0768 e. The zero-order valence-electron chi connectivity index (χ0n) is 11.1. The van der Waals surface area contributed by atoms with Crippen LogP contribution < -0.4 is 5.73 Å². The Morgan fingerprint density at radius 1 is 1.65 bits per heavy atom. The third-order valence-electron chi connectivity index (χ3n) is 2.95. The summed E-state index contributed by atoms with van der Waals surface area (Å²) in [5.41, 5.74) is 7.93. The molecular formula is C12H22N4S. The van der Waals surface area contributed by atoms with Gasteiger partial charge in [-0.05, 0) is 19.5 Å². The van der Waals surface area contributed by atoms with Crippen LogP contribution in [0.3, 0.4) is 0 Å². The van der Waals surface area contributed by atoms with Gasteiger partial charge >= 0.3 is 0 Å². The van der Waals surface area contributed by atoms with E-state index in [1.165, 1.54) is 5.69 Å². The number of nitrogens with two attached hydrogens (primary N) is 1. The normalized spacial score (nSPS) is 13.0. The molecule has 1 aromatic heterocycles. The van der Waals surface area contributed by atoms with Gasteiger partial charge in [0.2, 0.25) is 0 Å². The van der Waals surface area contributed by atoms with E-state index in [1.54, 1.807) is 0 Å². The van der Waals surface area contributed by atoms with E-state index in [0.717, 1.165) is 25.3 Å². The van der Waals surface area contributed by atoms with Crippen molar-refractivity contribution in [2.24, 2.45) is 18.7 Å². The Kier molecular flexibility index (Phi) is 5.08. The van der Waals surface area contributed by atoms with Gasteiger partial charge in [-0.25, -0.2) is 0 Å². The lowest BCUT2D eigenvalue weighted by atomic mass is 10.1. The van der Waals surface area contributed by atoms with E-state index < -0.39 is 0 Å². The first-order chi connectivity index (χ1) is 7.93. The predicted molar refractivity (Wildman–Crippen MR) is 74.8 cm³/mol. The van der Waals surface area contributed by atoms with Gasteiger partial charge in [0, 0.05) is 26.1 Å². The summed E-state index contributed by atoms with van der Waals surface area (Å²) in [5.74, 6) is 0.249. The van der Waals surface area contributed by atoms with Gasteiger partial charge in [-0.1, -0.05) is 26.1 Å². The molecule has 0 aromatic carbocycles. The van der Waals surface area contributed by atoms with Gasteiger partial charge in [0.1, 0.15) is 0 Å². The molecule has 96 valence electrons. The molecule has 0 amide bonds. The first kappa shape index (κ1) is 14.1. The van der Waals surface area contributed by atoms with Gasteiger partial charge in [0.15, 0.2) is 0 Å². The highest BCUT2D eigenvalue weighted by Crippen LogP contribution is 2.08. The van der Waals surface area contributed by atoms with Crippen molar-refractivity contribution in [1.29, 1.82) is 0 Å². The zero-order chi connectivity index (χ0) is 13.0. The largest absolute Gasteiger partial charge is 0.393 e. The van der Waals surface area contributed by atoms with Crippen LogP contribution in [0.4, 0.5) is 0 Å². The summed E-state index contributed by atoms with van der Waals surface area (Å²) in [6, 6.07) is 2.12. The van der Waals surface area contributed by atoms with Gasteiger partial charge in [-0.3, -0.25) is 9.58 Å². The maximum atomic E-state index is 5.65. The van der Waals surface area contributed by atoms with Crippen LogP contribution in [0, 0.1) is 12.8 Å². The average molecular weight is 254 g/mol. The second-order valence-corrected chi connectivity index (χ2v) is 5.00. The summed E-state index contributed by atoms with van der Waals surface area (Å²) >= 11 is 5.01. The van der Waals surface area contributed by atoms with Crippen LogP contribution in [0.25, 0.3) is 0 Å². The maximum absolute atomic E-state index is 5.65. The fraction of sp³-hybridized carbons (Fsp3) is 0.667. The number of aryl methyl sites for hydroxylation is 2. The molecule has 0 spiro atoms. The Balaban J connectivity index is 2.64. The lowest BCUT2D eigenvalue weighted by molar-refractivity contribution is 0.257. The SMILES string of the molecule is CCN(Cc1cc(C)nn1C)CC(C)C(N)=S. The van der Waals surface area contributed by atoms with E-state index in [4.69, 9.17) is 18.0 Å². The highest BCUT2D eigenvalue weighted by Gasteiger charge is 2.13. The predicted octanol–water partition coefficient (Wildman–Crippen LogP) is 1.47. The van der Waals surface area contributed by atoms with Crippen molar-refractivity contribution in [3.05, 3.63) is 17.5 Å². The molecule has 1 aromatic rings. The molecule has 1 heterocycles. The first-order valence-corrected chi connectivity index (χ1v) is 6.36. The minimum absolute atomic E-state index is 0.249. The minimum atomic E-state index is 0.249. The third-order valence-corrected chi connectivity index (χ3v) is 3.35. The molecule has 0 aliphatic heterocycles. The molecule has 4 nitrogen and oxygen atoms in total. The van der Waals surface area contributed by atoms with Crippen molar-refractivity contribution >= 4 is 17.2 Å². The molecule has 0 saturated heterocycles. The topological polar surface area (TPSA) is 47.1 Å². The first-order valence-electron chi connectivity index (χ1n) is 5.95. The van der Waals surface area contributed by atoms with Gasteiger partial charge in [0.05, 0.1) is 16.4 Å². The second kappa shape index (κ2) is 6.12. The standard InChI is InChI=1S/C12H22N4S/c1-5-16(7-9(2)12(13)17)8-11-6-10(3)14-15(11)4/h6,9H,5,7-8H2,1-4H3,(H2,13,17). The van der Waals surface area contributed by atoms with Crippen LogP contribution in [0.15, 0.2) is 6.07 Å². The Hall–Kier alpha value is -0.940. The Morgan fingerprint density at radius 3 is 2.71 bits per heavy atom. The number of thiocarbonyl (C=S) groups is 1. The van der Waals surface area contributed by atoms with Crippen LogP contribution in [0.5, 0.6) is 0 Å². The van der Waals surface area contributed by atoms with Gasteiger partial charge in [-0.2, -0.15) is 5.10 Å². The molecule has 0 saturated carbocycles. The quantitative estimate of drug-likeness (QED) is 0.781. The van der Waals surface area contributed by atoms with Crippen LogP contribution >= 0.6 is 12.2 Å². The van der Waals surface area contributed by atoms with Crippen LogP contribution in [-0.4, -0.2) is 32.8 Å². The van der Waals surface area contributed by atoms with Crippen molar-refractivity contribution in [1.82, 2.24) is 14.7 Å². The average Bonchev–Trinajstić information content (AvgIpc) is 2.56. The van der Waals surface area contributed by atoms with E-state index in [9.17, 15) is 0 Å².